The van der Waals surface area contributed by atoms with Gasteiger partial charge < -0.3 is 23.8 Å². The molecule has 8 nitrogen and oxygen atoms in total. The maximum absolute atomic E-state index is 13.0. The standard InChI is InChI=1S/C31H32N2O6/c1-31(2,3)22-11-8-19(9-12-22)30(34)39-33-28(21-10-13-24(35-4)25(17-21)36-5)29-23-18-27(38-7)26(37-6)16-20(23)14-15-32-29/h8-18H,1-7H3/b33-28+. The molecular formula is C31H32N2O6. The third-order valence-corrected chi connectivity index (χ3v) is 6.36. The zero-order chi connectivity index (χ0) is 28.2. The minimum absolute atomic E-state index is 0.0368. The molecule has 0 aliphatic heterocycles. The van der Waals surface area contributed by atoms with Crippen LogP contribution in [0.25, 0.3) is 10.8 Å². The van der Waals surface area contributed by atoms with E-state index in [4.69, 9.17) is 23.8 Å². The van der Waals surface area contributed by atoms with Crippen molar-refractivity contribution in [1.82, 2.24) is 4.98 Å². The Balaban J connectivity index is 1.83. The third kappa shape index (κ3) is 5.80. The number of hydrogen-bond donors (Lipinski definition) is 0. The van der Waals surface area contributed by atoms with Gasteiger partial charge in [-0.1, -0.05) is 38.1 Å². The van der Waals surface area contributed by atoms with Crippen molar-refractivity contribution in [2.45, 2.75) is 26.2 Å². The molecule has 4 aromatic rings. The number of rotatable bonds is 8. The highest BCUT2D eigenvalue weighted by atomic mass is 16.7. The van der Waals surface area contributed by atoms with Crippen molar-refractivity contribution in [3.05, 3.63) is 89.2 Å². The second-order valence-electron chi connectivity index (χ2n) is 9.80. The number of fused-ring (bicyclic) bond motifs is 1. The zero-order valence-corrected chi connectivity index (χ0v) is 23.2. The number of carbonyl (C=O) groups is 1. The second-order valence-corrected chi connectivity index (χ2v) is 9.80. The number of carbonyl (C=O) groups excluding carboxylic acids is 1. The van der Waals surface area contributed by atoms with Crippen LogP contribution in [0, 0.1) is 0 Å². The van der Waals surface area contributed by atoms with Crippen molar-refractivity contribution in [2.24, 2.45) is 5.16 Å². The number of benzene rings is 3. The van der Waals surface area contributed by atoms with Gasteiger partial charge >= 0.3 is 5.97 Å². The van der Waals surface area contributed by atoms with Crippen LogP contribution in [0.4, 0.5) is 0 Å². The summed E-state index contributed by atoms with van der Waals surface area (Å²) >= 11 is 0. The third-order valence-electron chi connectivity index (χ3n) is 6.36. The molecule has 0 fully saturated rings. The summed E-state index contributed by atoms with van der Waals surface area (Å²) in [5.41, 5.74) is 2.88. The average Bonchev–Trinajstić information content (AvgIpc) is 2.95. The van der Waals surface area contributed by atoms with E-state index in [0.29, 0.717) is 45.5 Å². The van der Waals surface area contributed by atoms with Crippen LogP contribution < -0.4 is 18.9 Å². The Kier molecular flexibility index (Phi) is 8.04. The van der Waals surface area contributed by atoms with Crippen LogP contribution in [0.2, 0.25) is 0 Å². The van der Waals surface area contributed by atoms with Gasteiger partial charge in [-0.05, 0) is 64.9 Å². The van der Waals surface area contributed by atoms with Gasteiger partial charge in [-0.15, -0.1) is 0 Å². The topological polar surface area (TPSA) is 88.5 Å². The molecule has 0 radical (unpaired) electrons. The highest BCUT2D eigenvalue weighted by Gasteiger charge is 2.20. The predicted molar refractivity (Wildman–Crippen MR) is 151 cm³/mol. The molecule has 0 saturated heterocycles. The number of nitrogens with zero attached hydrogens (tertiary/aromatic N) is 2. The number of pyridine rings is 1. The first kappa shape index (κ1) is 27.4. The lowest BCUT2D eigenvalue weighted by molar-refractivity contribution is 0.0517. The van der Waals surface area contributed by atoms with Crippen molar-refractivity contribution in [3.8, 4) is 23.0 Å². The Morgan fingerprint density at radius 3 is 1.92 bits per heavy atom. The quantitative estimate of drug-likeness (QED) is 0.153. The molecule has 0 aliphatic carbocycles. The lowest BCUT2D eigenvalue weighted by Crippen LogP contribution is -2.12. The van der Waals surface area contributed by atoms with E-state index < -0.39 is 5.97 Å². The first-order valence-electron chi connectivity index (χ1n) is 12.3. The van der Waals surface area contributed by atoms with E-state index >= 15 is 0 Å². The summed E-state index contributed by atoms with van der Waals surface area (Å²) in [5, 5.41) is 5.90. The molecule has 39 heavy (non-hydrogen) atoms. The predicted octanol–water partition coefficient (Wildman–Crippen LogP) is 6.18. The average molecular weight is 529 g/mol. The Bertz CT molecular complexity index is 1520. The maximum atomic E-state index is 13.0. The van der Waals surface area contributed by atoms with Crippen LogP contribution in [0.3, 0.4) is 0 Å². The van der Waals surface area contributed by atoms with Gasteiger partial charge in [0.2, 0.25) is 0 Å². The molecule has 0 aliphatic rings. The Morgan fingerprint density at radius 1 is 0.718 bits per heavy atom. The summed E-state index contributed by atoms with van der Waals surface area (Å²) in [6, 6.07) is 18.2. The summed E-state index contributed by atoms with van der Waals surface area (Å²) in [6.07, 6.45) is 1.66. The van der Waals surface area contributed by atoms with Gasteiger partial charge in [-0.2, -0.15) is 0 Å². The normalized spacial score (nSPS) is 11.7. The molecule has 0 unspecified atom stereocenters. The fourth-order valence-electron chi connectivity index (χ4n) is 4.15. The molecular weight excluding hydrogens is 496 g/mol. The number of methoxy groups -OCH3 is 4. The molecule has 4 rings (SSSR count). The number of ether oxygens (including phenoxy) is 4. The Labute approximate surface area is 228 Å². The number of hydrogen-bond acceptors (Lipinski definition) is 8. The second kappa shape index (κ2) is 11.4. The fourth-order valence-corrected chi connectivity index (χ4v) is 4.15. The van der Waals surface area contributed by atoms with Crippen LogP contribution in [0.15, 0.2) is 72.0 Å². The summed E-state index contributed by atoms with van der Waals surface area (Å²) in [7, 11) is 6.25. The maximum Gasteiger partial charge on any atom is 0.365 e. The molecule has 1 heterocycles. The molecule has 0 saturated carbocycles. The highest BCUT2D eigenvalue weighted by molar-refractivity contribution is 6.18. The van der Waals surface area contributed by atoms with Gasteiger partial charge in [0.25, 0.3) is 0 Å². The molecule has 202 valence electrons. The van der Waals surface area contributed by atoms with E-state index in [1.165, 1.54) is 0 Å². The summed E-state index contributed by atoms with van der Waals surface area (Å²) in [4.78, 5) is 23.1. The van der Waals surface area contributed by atoms with Gasteiger partial charge in [0.15, 0.2) is 23.0 Å². The van der Waals surface area contributed by atoms with Crippen LogP contribution in [-0.2, 0) is 10.3 Å². The molecule has 8 heteroatoms. The highest BCUT2D eigenvalue weighted by Crippen LogP contribution is 2.35. The molecule has 3 aromatic carbocycles. The van der Waals surface area contributed by atoms with E-state index in [0.717, 1.165) is 16.3 Å². The summed E-state index contributed by atoms with van der Waals surface area (Å²) in [6.45, 7) is 6.34. The Morgan fingerprint density at radius 2 is 1.31 bits per heavy atom. The zero-order valence-electron chi connectivity index (χ0n) is 23.2. The first-order valence-corrected chi connectivity index (χ1v) is 12.3. The number of aromatic nitrogens is 1. The van der Waals surface area contributed by atoms with Crippen LogP contribution >= 0.6 is 0 Å². The van der Waals surface area contributed by atoms with E-state index in [-0.39, 0.29) is 5.41 Å². The minimum atomic E-state index is -0.590. The van der Waals surface area contributed by atoms with Gasteiger partial charge in [-0.3, -0.25) is 4.98 Å². The van der Waals surface area contributed by atoms with E-state index in [1.807, 2.05) is 30.3 Å². The molecule has 0 N–H and O–H groups in total. The Hall–Kier alpha value is -4.59. The summed E-state index contributed by atoms with van der Waals surface area (Å²) < 4.78 is 21.9. The van der Waals surface area contributed by atoms with Gasteiger partial charge in [0.05, 0.1) is 34.0 Å². The molecule has 0 bridgehead atoms. The summed E-state index contributed by atoms with van der Waals surface area (Å²) in [5.74, 6) is 1.56. The van der Waals surface area contributed by atoms with Crippen LogP contribution in [0.5, 0.6) is 23.0 Å². The molecule has 0 amide bonds. The first-order chi connectivity index (χ1) is 18.7. The lowest BCUT2D eigenvalue weighted by Gasteiger charge is -2.18. The van der Waals surface area contributed by atoms with Gasteiger partial charge in [0, 0.05) is 17.1 Å². The van der Waals surface area contributed by atoms with Crippen molar-refractivity contribution in [1.29, 1.82) is 0 Å². The minimum Gasteiger partial charge on any atom is -0.493 e. The van der Waals surface area contributed by atoms with Crippen LogP contribution in [-0.4, -0.2) is 45.1 Å². The monoisotopic (exact) mass is 528 g/mol. The van der Waals surface area contributed by atoms with E-state index in [2.05, 4.69) is 30.9 Å². The number of oxime groups is 1. The largest absolute Gasteiger partial charge is 0.493 e. The SMILES string of the molecule is COc1ccc(/C(=N\OC(=O)c2ccc(C(C)(C)C)cc2)c2nccc3cc(OC)c(OC)cc23)cc1OC. The van der Waals surface area contributed by atoms with E-state index in [9.17, 15) is 4.79 Å². The smallest absolute Gasteiger partial charge is 0.365 e. The van der Waals surface area contributed by atoms with Crippen molar-refractivity contribution < 1.29 is 28.6 Å². The van der Waals surface area contributed by atoms with Crippen molar-refractivity contribution in [3.63, 3.8) is 0 Å². The van der Waals surface area contributed by atoms with E-state index in [1.54, 1.807) is 65.0 Å². The van der Waals surface area contributed by atoms with Gasteiger partial charge in [0.1, 0.15) is 11.4 Å². The molecule has 1 aromatic heterocycles. The van der Waals surface area contributed by atoms with Gasteiger partial charge in [-0.25, -0.2) is 4.79 Å². The van der Waals surface area contributed by atoms with Crippen molar-refractivity contribution in [2.75, 3.05) is 28.4 Å². The molecule has 0 spiro atoms. The van der Waals surface area contributed by atoms with Crippen LogP contribution in [0.1, 0.15) is 48.0 Å². The van der Waals surface area contributed by atoms with Crippen molar-refractivity contribution >= 4 is 22.5 Å². The lowest BCUT2D eigenvalue weighted by atomic mass is 9.87. The molecule has 0 atom stereocenters. The fraction of sp³-hybridized carbons (Fsp3) is 0.258.